The summed E-state index contributed by atoms with van der Waals surface area (Å²) in [6.07, 6.45) is 4.33. The van der Waals surface area contributed by atoms with Gasteiger partial charge in [-0.2, -0.15) is 0 Å². The number of imidazole rings is 1. The van der Waals surface area contributed by atoms with E-state index in [1.165, 1.54) is 17.7 Å². The van der Waals surface area contributed by atoms with Gasteiger partial charge in [-0.1, -0.05) is 6.07 Å². The molecule has 0 aromatic carbocycles. The van der Waals surface area contributed by atoms with Gasteiger partial charge in [0.1, 0.15) is 5.82 Å². The molecule has 1 saturated carbocycles. The zero-order valence-corrected chi connectivity index (χ0v) is 10.1. The minimum atomic E-state index is -0.296. The molecule has 1 unspecified atom stereocenters. The van der Waals surface area contributed by atoms with Crippen molar-refractivity contribution in [3.05, 3.63) is 29.5 Å². The van der Waals surface area contributed by atoms with E-state index in [1.54, 1.807) is 11.3 Å². The van der Waals surface area contributed by atoms with Crippen LogP contribution in [0.1, 0.15) is 25.6 Å². The minimum absolute atomic E-state index is 0.296. The van der Waals surface area contributed by atoms with Gasteiger partial charge in [0.05, 0.1) is 22.3 Å². The molecular formula is C12H15N3S. The summed E-state index contributed by atoms with van der Waals surface area (Å²) in [5.74, 6) is 1.51. The number of H-pyrrole nitrogens is 1. The SMILES string of the molecule is CC(N)(c1ncc(-c2cccs2)[nH]1)C1CC1. The highest BCUT2D eigenvalue weighted by Gasteiger charge is 2.41. The third-order valence-electron chi connectivity index (χ3n) is 3.30. The van der Waals surface area contributed by atoms with Crippen molar-refractivity contribution in [2.24, 2.45) is 11.7 Å². The zero-order chi connectivity index (χ0) is 11.2. The van der Waals surface area contributed by atoms with Gasteiger partial charge in [-0.05, 0) is 37.1 Å². The highest BCUT2D eigenvalue weighted by Crippen LogP contribution is 2.43. The van der Waals surface area contributed by atoms with Gasteiger partial charge in [0.25, 0.3) is 0 Å². The Bertz CT molecular complexity index is 480. The van der Waals surface area contributed by atoms with E-state index in [-0.39, 0.29) is 5.54 Å². The molecule has 0 bridgehead atoms. The third-order valence-corrected chi connectivity index (χ3v) is 4.20. The van der Waals surface area contributed by atoms with Crippen molar-refractivity contribution in [2.75, 3.05) is 0 Å². The van der Waals surface area contributed by atoms with Gasteiger partial charge in [0, 0.05) is 0 Å². The second-order valence-electron chi connectivity index (χ2n) is 4.68. The van der Waals surface area contributed by atoms with Gasteiger partial charge in [0.15, 0.2) is 0 Å². The second kappa shape index (κ2) is 3.43. The average Bonchev–Trinajstić information content (AvgIpc) is 2.82. The molecule has 4 heteroatoms. The van der Waals surface area contributed by atoms with Crippen molar-refractivity contribution in [1.82, 2.24) is 9.97 Å². The number of nitrogens with one attached hydrogen (secondary N) is 1. The van der Waals surface area contributed by atoms with Crippen molar-refractivity contribution in [1.29, 1.82) is 0 Å². The largest absolute Gasteiger partial charge is 0.340 e. The van der Waals surface area contributed by atoms with Gasteiger partial charge >= 0.3 is 0 Å². The molecule has 0 radical (unpaired) electrons. The van der Waals surface area contributed by atoms with Crippen LogP contribution in [0.25, 0.3) is 10.6 Å². The molecule has 0 amide bonds. The van der Waals surface area contributed by atoms with Gasteiger partial charge in [-0.25, -0.2) is 4.98 Å². The smallest absolute Gasteiger partial charge is 0.126 e. The number of thiophene rings is 1. The Morgan fingerprint density at radius 2 is 2.38 bits per heavy atom. The van der Waals surface area contributed by atoms with Crippen molar-refractivity contribution < 1.29 is 0 Å². The third kappa shape index (κ3) is 1.58. The standard InChI is InChI=1S/C12H15N3S/c1-12(13,8-4-5-8)11-14-7-9(15-11)10-3-2-6-16-10/h2-3,6-8H,4-5,13H2,1H3,(H,14,15). The number of nitrogens with two attached hydrogens (primary N) is 1. The van der Waals surface area contributed by atoms with E-state index in [9.17, 15) is 0 Å². The average molecular weight is 233 g/mol. The number of aromatic amines is 1. The first-order chi connectivity index (χ1) is 7.68. The number of hydrogen-bond donors (Lipinski definition) is 2. The highest BCUT2D eigenvalue weighted by molar-refractivity contribution is 7.13. The van der Waals surface area contributed by atoms with Gasteiger partial charge < -0.3 is 10.7 Å². The molecule has 1 fully saturated rings. The van der Waals surface area contributed by atoms with Crippen LogP contribution < -0.4 is 5.73 Å². The van der Waals surface area contributed by atoms with Gasteiger partial charge in [-0.15, -0.1) is 11.3 Å². The Morgan fingerprint density at radius 3 is 3.00 bits per heavy atom. The fraction of sp³-hybridized carbons (Fsp3) is 0.417. The molecule has 3 N–H and O–H groups in total. The lowest BCUT2D eigenvalue weighted by Crippen LogP contribution is -2.36. The molecule has 0 aliphatic heterocycles. The summed E-state index contributed by atoms with van der Waals surface area (Å²) < 4.78 is 0. The maximum atomic E-state index is 6.32. The molecule has 0 spiro atoms. The number of aromatic nitrogens is 2. The van der Waals surface area contributed by atoms with Crippen molar-refractivity contribution in [2.45, 2.75) is 25.3 Å². The Labute approximate surface area is 98.7 Å². The lowest BCUT2D eigenvalue weighted by Gasteiger charge is -2.21. The first kappa shape index (κ1) is 10.1. The van der Waals surface area contributed by atoms with E-state index in [0.29, 0.717) is 5.92 Å². The molecule has 84 valence electrons. The quantitative estimate of drug-likeness (QED) is 0.856. The van der Waals surface area contributed by atoms with Crippen molar-refractivity contribution in [3.63, 3.8) is 0 Å². The van der Waals surface area contributed by atoms with E-state index in [4.69, 9.17) is 5.73 Å². The summed E-state index contributed by atoms with van der Waals surface area (Å²) in [5.41, 5.74) is 7.10. The molecule has 16 heavy (non-hydrogen) atoms. The van der Waals surface area contributed by atoms with Crippen LogP contribution in [0.4, 0.5) is 0 Å². The Kier molecular flexibility index (Phi) is 2.16. The summed E-state index contributed by atoms with van der Waals surface area (Å²) in [5, 5.41) is 2.07. The molecule has 1 aliphatic rings. The molecule has 3 rings (SSSR count). The van der Waals surface area contributed by atoms with Crippen LogP contribution in [-0.4, -0.2) is 9.97 Å². The number of rotatable bonds is 3. The number of nitrogens with zero attached hydrogens (tertiary/aromatic N) is 1. The van der Waals surface area contributed by atoms with E-state index in [2.05, 4.69) is 28.3 Å². The maximum Gasteiger partial charge on any atom is 0.126 e. The first-order valence-electron chi connectivity index (χ1n) is 5.56. The topological polar surface area (TPSA) is 54.7 Å². The lowest BCUT2D eigenvalue weighted by atomic mass is 9.97. The van der Waals surface area contributed by atoms with Crippen molar-refractivity contribution in [3.8, 4) is 10.6 Å². The van der Waals surface area contributed by atoms with Gasteiger partial charge in [-0.3, -0.25) is 0 Å². The van der Waals surface area contributed by atoms with E-state index in [1.807, 2.05) is 12.3 Å². The fourth-order valence-electron chi connectivity index (χ4n) is 2.03. The first-order valence-corrected chi connectivity index (χ1v) is 6.44. The Morgan fingerprint density at radius 1 is 1.56 bits per heavy atom. The zero-order valence-electron chi connectivity index (χ0n) is 9.23. The second-order valence-corrected chi connectivity index (χ2v) is 5.63. The highest BCUT2D eigenvalue weighted by atomic mass is 32.1. The molecule has 0 saturated heterocycles. The normalized spacial score (nSPS) is 19.6. The van der Waals surface area contributed by atoms with Gasteiger partial charge in [0.2, 0.25) is 0 Å². The number of hydrogen-bond acceptors (Lipinski definition) is 3. The summed E-state index contributed by atoms with van der Waals surface area (Å²) in [7, 11) is 0. The fourth-order valence-corrected chi connectivity index (χ4v) is 2.72. The molecule has 3 nitrogen and oxygen atoms in total. The van der Waals surface area contributed by atoms with Crippen LogP contribution in [0.15, 0.2) is 23.7 Å². The van der Waals surface area contributed by atoms with E-state index < -0.39 is 0 Å². The molecule has 2 aromatic rings. The molecular weight excluding hydrogens is 218 g/mol. The van der Waals surface area contributed by atoms with Crippen molar-refractivity contribution >= 4 is 11.3 Å². The maximum absolute atomic E-state index is 6.32. The Balaban J connectivity index is 1.93. The Hall–Kier alpha value is -1.13. The lowest BCUT2D eigenvalue weighted by molar-refractivity contribution is 0.404. The van der Waals surface area contributed by atoms with Crippen LogP contribution in [0.5, 0.6) is 0 Å². The van der Waals surface area contributed by atoms with Crippen LogP contribution >= 0.6 is 11.3 Å². The molecule has 1 aliphatic carbocycles. The molecule has 1 atom stereocenters. The molecule has 2 heterocycles. The summed E-state index contributed by atoms with van der Waals surface area (Å²) in [6, 6.07) is 4.13. The molecule has 2 aromatic heterocycles. The predicted molar refractivity (Wildman–Crippen MR) is 66.2 cm³/mol. The van der Waals surface area contributed by atoms with Crippen LogP contribution in [-0.2, 0) is 5.54 Å². The van der Waals surface area contributed by atoms with Crippen LogP contribution in [0.2, 0.25) is 0 Å². The van der Waals surface area contributed by atoms with E-state index in [0.717, 1.165) is 11.5 Å². The monoisotopic (exact) mass is 233 g/mol. The van der Waals surface area contributed by atoms with Crippen LogP contribution in [0, 0.1) is 5.92 Å². The summed E-state index contributed by atoms with van der Waals surface area (Å²) in [4.78, 5) is 9.00. The summed E-state index contributed by atoms with van der Waals surface area (Å²) in [6.45, 7) is 2.07. The van der Waals surface area contributed by atoms with Crippen LogP contribution in [0.3, 0.4) is 0 Å². The minimum Gasteiger partial charge on any atom is -0.340 e. The summed E-state index contributed by atoms with van der Waals surface area (Å²) >= 11 is 1.71. The van der Waals surface area contributed by atoms with E-state index >= 15 is 0 Å². The predicted octanol–water partition coefficient (Wildman–Crippen LogP) is 2.72.